The molecule has 3 nitrogen and oxygen atoms in total. The standard InChI is InChI=1S/C13H10F4N2O/c1-19-5-4-7(10(16)6-19)13(20)18-12-9(15)3-2-8(14)11(12)17/h2-6,8,11H,1H3/p+1. The molecule has 7 heteroatoms. The van der Waals surface area contributed by atoms with Crippen LogP contribution in [0.3, 0.4) is 0 Å². The zero-order chi connectivity index (χ0) is 14.9. The van der Waals surface area contributed by atoms with E-state index in [-0.39, 0.29) is 5.56 Å². The molecule has 1 N–H and O–H groups in total. The number of rotatable bonds is 2. The minimum absolute atomic E-state index is 0.388. The first-order valence-electron chi connectivity index (χ1n) is 5.72. The summed E-state index contributed by atoms with van der Waals surface area (Å²) in [5, 5.41) is 1.88. The molecular formula is C13H11F4N2O+. The van der Waals surface area contributed by atoms with Crippen LogP contribution in [-0.4, -0.2) is 18.3 Å². The summed E-state index contributed by atoms with van der Waals surface area (Å²) in [6, 6.07) is 1.15. The summed E-state index contributed by atoms with van der Waals surface area (Å²) in [5.74, 6) is -2.99. The molecule has 20 heavy (non-hydrogen) atoms. The van der Waals surface area contributed by atoms with Crippen molar-refractivity contribution in [3.8, 4) is 0 Å². The third-order valence-electron chi connectivity index (χ3n) is 2.78. The Kier molecular flexibility index (Phi) is 3.87. The third-order valence-corrected chi connectivity index (χ3v) is 2.78. The monoisotopic (exact) mass is 287 g/mol. The number of allylic oxidation sites excluding steroid dienone is 4. The van der Waals surface area contributed by atoms with Gasteiger partial charge in [-0.25, -0.2) is 17.7 Å². The highest BCUT2D eigenvalue weighted by atomic mass is 19.2. The topological polar surface area (TPSA) is 33.0 Å². The van der Waals surface area contributed by atoms with E-state index in [0.717, 1.165) is 18.3 Å². The molecule has 0 bridgehead atoms. The van der Waals surface area contributed by atoms with Crippen molar-refractivity contribution in [2.75, 3.05) is 0 Å². The first-order chi connectivity index (χ1) is 9.40. The predicted octanol–water partition coefficient (Wildman–Crippen LogP) is 1.81. The number of carbonyl (C=O) groups is 1. The highest BCUT2D eigenvalue weighted by Gasteiger charge is 2.31. The second-order valence-electron chi connectivity index (χ2n) is 4.29. The Morgan fingerprint density at radius 2 is 2.05 bits per heavy atom. The van der Waals surface area contributed by atoms with Gasteiger partial charge in [0.05, 0.1) is 11.3 Å². The van der Waals surface area contributed by atoms with Crippen molar-refractivity contribution in [1.29, 1.82) is 0 Å². The van der Waals surface area contributed by atoms with E-state index in [4.69, 9.17) is 0 Å². The summed E-state index contributed by atoms with van der Waals surface area (Å²) in [6.45, 7) is 0. The van der Waals surface area contributed by atoms with Crippen LogP contribution in [0, 0.1) is 5.82 Å². The second-order valence-corrected chi connectivity index (χ2v) is 4.29. The van der Waals surface area contributed by atoms with Crippen molar-refractivity contribution in [2.45, 2.75) is 12.3 Å². The van der Waals surface area contributed by atoms with Gasteiger partial charge in [-0.3, -0.25) is 4.79 Å². The normalized spacial score (nSPS) is 22.1. The number of aryl methyl sites for hydroxylation is 1. The maximum absolute atomic E-state index is 13.6. The molecular weight excluding hydrogens is 276 g/mol. The lowest BCUT2D eigenvalue weighted by molar-refractivity contribution is -0.673. The molecule has 2 unspecified atom stereocenters. The Labute approximate surface area is 112 Å². The van der Waals surface area contributed by atoms with Crippen molar-refractivity contribution in [2.24, 2.45) is 7.05 Å². The molecule has 0 saturated heterocycles. The summed E-state index contributed by atoms with van der Waals surface area (Å²) in [4.78, 5) is 11.8. The van der Waals surface area contributed by atoms with E-state index in [1.807, 2.05) is 5.32 Å². The van der Waals surface area contributed by atoms with Gasteiger partial charge in [0, 0.05) is 6.07 Å². The van der Waals surface area contributed by atoms with E-state index in [1.165, 1.54) is 10.8 Å². The average Bonchev–Trinajstić information content (AvgIpc) is 2.39. The van der Waals surface area contributed by atoms with Gasteiger partial charge in [-0.15, -0.1) is 0 Å². The first kappa shape index (κ1) is 14.2. The molecule has 1 aromatic rings. The van der Waals surface area contributed by atoms with Gasteiger partial charge < -0.3 is 5.32 Å². The molecule has 1 aliphatic carbocycles. The van der Waals surface area contributed by atoms with Gasteiger partial charge >= 0.3 is 0 Å². The SMILES string of the molecule is C[n+]1ccc(C(=O)NC2=C(F)C=CC(F)C2F)c(F)c1. The summed E-state index contributed by atoms with van der Waals surface area (Å²) in [6.07, 6.45) is -0.522. The Balaban J connectivity index is 2.25. The fourth-order valence-electron chi connectivity index (χ4n) is 1.72. The quantitative estimate of drug-likeness (QED) is 0.653. The summed E-state index contributed by atoms with van der Waals surface area (Å²) >= 11 is 0. The van der Waals surface area contributed by atoms with Crippen LogP contribution in [0.15, 0.2) is 42.1 Å². The highest BCUT2D eigenvalue weighted by Crippen LogP contribution is 2.24. The number of amides is 1. The Bertz CT molecular complexity index is 612. The Morgan fingerprint density at radius 3 is 2.70 bits per heavy atom. The number of hydrogen-bond acceptors (Lipinski definition) is 1. The lowest BCUT2D eigenvalue weighted by atomic mass is 10.1. The molecule has 2 atom stereocenters. The van der Waals surface area contributed by atoms with E-state index >= 15 is 0 Å². The maximum Gasteiger partial charge on any atom is 0.259 e. The number of halogens is 4. The number of alkyl halides is 2. The van der Waals surface area contributed by atoms with Crippen molar-refractivity contribution < 1.29 is 26.9 Å². The van der Waals surface area contributed by atoms with Crippen LogP contribution in [0.4, 0.5) is 17.6 Å². The number of carbonyl (C=O) groups excluding carboxylic acids is 1. The van der Waals surface area contributed by atoms with E-state index < -0.39 is 35.6 Å². The molecule has 2 rings (SSSR count). The van der Waals surface area contributed by atoms with Gasteiger partial charge in [-0.05, 0) is 12.2 Å². The van der Waals surface area contributed by atoms with Crippen LogP contribution in [0.2, 0.25) is 0 Å². The largest absolute Gasteiger partial charge is 0.320 e. The van der Waals surface area contributed by atoms with Gasteiger partial charge in [0.2, 0.25) is 6.20 Å². The zero-order valence-electron chi connectivity index (χ0n) is 10.4. The average molecular weight is 287 g/mol. The smallest absolute Gasteiger partial charge is 0.259 e. The van der Waals surface area contributed by atoms with Gasteiger partial charge in [0.1, 0.15) is 12.9 Å². The fraction of sp³-hybridized carbons (Fsp3) is 0.231. The number of aromatic nitrogens is 1. The van der Waals surface area contributed by atoms with Crippen LogP contribution in [-0.2, 0) is 7.05 Å². The number of pyridine rings is 1. The van der Waals surface area contributed by atoms with Gasteiger partial charge in [-0.2, -0.15) is 4.39 Å². The molecule has 1 aromatic heterocycles. The third kappa shape index (κ3) is 2.71. The highest BCUT2D eigenvalue weighted by molar-refractivity contribution is 5.95. The summed E-state index contributed by atoms with van der Waals surface area (Å²) < 4.78 is 54.9. The lowest BCUT2D eigenvalue weighted by Gasteiger charge is -2.19. The molecule has 0 fully saturated rings. The number of nitrogens with one attached hydrogen (secondary N) is 1. The van der Waals surface area contributed by atoms with E-state index in [2.05, 4.69) is 0 Å². The van der Waals surface area contributed by atoms with Crippen LogP contribution >= 0.6 is 0 Å². The van der Waals surface area contributed by atoms with Crippen molar-refractivity contribution in [1.82, 2.24) is 5.32 Å². The first-order valence-corrected chi connectivity index (χ1v) is 5.72. The van der Waals surface area contributed by atoms with Gasteiger partial charge in [0.25, 0.3) is 5.91 Å². The summed E-state index contributed by atoms with van der Waals surface area (Å²) in [7, 11) is 1.55. The maximum atomic E-state index is 13.6. The van der Waals surface area contributed by atoms with E-state index in [1.54, 1.807) is 7.05 Å². The fourth-order valence-corrected chi connectivity index (χ4v) is 1.72. The molecule has 0 aromatic carbocycles. The van der Waals surface area contributed by atoms with Crippen molar-refractivity contribution in [3.05, 3.63) is 53.5 Å². The van der Waals surface area contributed by atoms with Crippen LogP contribution in [0.5, 0.6) is 0 Å². The second kappa shape index (κ2) is 5.44. The number of hydrogen-bond donors (Lipinski definition) is 1. The minimum Gasteiger partial charge on any atom is -0.320 e. The molecule has 0 saturated carbocycles. The van der Waals surface area contributed by atoms with Crippen LogP contribution < -0.4 is 9.88 Å². The molecule has 0 spiro atoms. The van der Waals surface area contributed by atoms with E-state index in [0.29, 0.717) is 6.08 Å². The Morgan fingerprint density at radius 1 is 1.35 bits per heavy atom. The van der Waals surface area contributed by atoms with Crippen molar-refractivity contribution in [3.63, 3.8) is 0 Å². The van der Waals surface area contributed by atoms with Crippen LogP contribution in [0.25, 0.3) is 0 Å². The number of nitrogens with zero attached hydrogens (tertiary/aromatic N) is 1. The molecule has 106 valence electrons. The Hall–Kier alpha value is -2.18. The van der Waals surface area contributed by atoms with Crippen LogP contribution in [0.1, 0.15) is 10.4 Å². The van der Waals surface area contributed by atoms with E-state index in [9.17, 15) is 22.4 Å². The molecule has 1 heterocycles. The van der Waals surface area contributed by atoms with Crippen molar-refractivity contribution >= 4 is 5.91 Å². The lowest BCUT2D eigenvalue weighted by Crippen LogP contribution is -2.36. The zero-order valence-corrected chi connectivity index (χ0v) is 10.4. The molecule has 1 aliphatic rings. The van der Waals surface area contributed by atoms with Gasteiger partial charge in [-0.1, -0.05) is 0 Å². The minimum atomic E-state index is -2.33. The predicted molar refractivity (Wildman–Crippen MR) is 62.1 cm³/mol. The molecule has 0 aliphatic heterocycles. The summed E-state index contributed by atoms with van der Waals surface area (Å²) in [5.41, 5.74) is -1.22. The van der Waals surface area contributed by atoms with Gasteiger partial charge in [0.15, 0.2) is 24.4 Å². The molecule has 1 amide bonds. The molecule has 0 radical (unpaired) electrons.